The van der Waals surface area contributed by atoms with Crippen LogP contribution in [0.4, 0.5) is 11.4 Å². The summed E-state index contributed by atoms with van der Waals surface area (Å²) < 4.78 is 6.01. The number of rotatable bonds is 7. The minimum absolute atomic E-state index is 0.122. The fourth-order valence-corrected chi connectivity index (χ4v) is 2.75. The maximum atomic E-state index is 12.1. The molecule has 1 saturated carbocycles. The van der Waals surface area contributed by atoms with E-state index in [9.17, 15) is 14.9 Å². The van der Waals surface area contributed by atoms with Gasteiger partial charge < -0.3 is 15.4 Å². The van der Waals surface area contributed by atoms with Crippen molar-refractivity contribution < 1.29 is 14.5 Å². The zero-order valence-electron chi connectivity index (χ0n) is 14.5. The van der Waals surface area contributed by atoms with Crippen LogP contribution < -0.4 is 15.4 Å². The lowest BCUT2D eigenvalue weighted by molar-refractivity contribution is -0.384. The third kappa shape index (κ3) is 3.93. The van der Waals surface area contributed by atoms with E-state index in [1.54, 1.807) is 6.07 Å². The average Bonchev–Trinajstić information content (AvgIpc) is 2.62. The maximum absolute atomic E-state index is 12.1. The fourth-order valence-electron chi connectivity index (χ4n) is 2.75. The van der Waals surface area contributed by atoms with E-state index in [4.69, 9.17) is 4.74 Å². The minimum Gasteiger partial charge on any atom is -0.490 e. The van der Waals surface area contributed by atoms with Gasteiger partial charge in [-0.1, -0.05) is 18.2 Å². The third-order valence-corrected chi connectivity index (χ3v) is 4.47. The molecule has 136 valence electrons. The van der Waals surface area contributed by atoms with Crippen LogP contribution in [-0.4, -0.2) is 24.0 Å². The lowest BCUT2D eigenvalue weighted by Crippen LogP contribution is -2.25. The van der Waals surface area contributed by atoms with Gasteiger partial charge in [0.15, 0.2) is 0 Å². The van der Waals surface area contributed by atoms with Gasteiger partial charge in [-0.15, -0.1) is 0 Å². The first-order valence-electron chi connectivity index (χ1n) is 8.57. The van der Waals surface area contributed by atoms with Crippen molar-refractivity contribution in [2.24, 2.45) is 0 Å². The summed E-state index contributed by atoms with van der Waals surface area (Å²) in [5.74, 6) is 0.448. The minimum atomic E-state index is -0.516. The highest BCUT2D eigenvalue weighted by Crippen LogP contribution is 2.29. The molecule has 0 heterocycles. The van der Waals surface area contributed by atoms with Gasteiger partial charge in [0.25, 0.3) is 11.6 Å². The van der Waals surface area contributed by atoms with Crippen molar-refractivity contribution in [1.82, 2.24) is 5.32 Å². The Morgan fingerprint density at radius 2 is 2.04 bits per heavy atom. The van der Waals surface area contributed by atoms with Gasteiger partial charge in [0.1, 0.15) is 5.75 Å². The highest BCUT2D eigenvalue weighted by atomic mass is 16.6. The fraction of sp³-hybridized carbons (Fsp3) is 0.316. The van der Waals surface area contributed by atoms with Gasteiger partial charge in [-0.25, -0.2) is 0 Å². The molecule has 0 spiro atoms. The Bertz CT molecular complexity index is 818. The number of amides is 1. The number of nitro groups is 1. The van der Waals surface area contributed by atoms with Gasteiger partial charge in [0.05, 0.1) is 16.6 Å². The summed E-state index contributed by atoms with van der Waals surface area (Å²) in [6.45, 7) is 0.449. The van der Waals surface area contributed by atoms with E-state index in [0.29, 0.717) is 12.2 Å². The number of non-ortho nitro benzene ring substituents is 1. The van der Waals surface area contributed by atoms with E-state index in [0.717, 1.165) is 24.2 Å². The normalized spacial score (nSPS) is 13.6. The second-order valence-electron chi connectivity index (χ2n) is 6.20. The highest BCUT2D eigenvalue weighted by Gasteiger charge is 2.20. The second kappa shape index (κ2) is 7.86. The molecule has 0 bridgehead atoms. The number of para-hydroxylation sites is 1. The van der Waals surface area contributed by atoms with Crippen LogP contribution in [0.1, 0.15) is 35.2 Å². The van der Waals surface area contributed by atoms with Crippen LogP contribution in [0.25, 0.3) is 0 Å². The largest absolute Gasteiger partial charge is 0.490 e. The zero-order valence-corrected chi connectivity index (χ0v) is 14.5. The van der Waals surface area contributed by atoms with E-state index in [2.05, 4.69) is 10.6 Å². The molecule has 7 nitrogen and oxygen atoms in total. The molecule has 1 fully saturated rings. The molecule has 2 N–H and O–H groups in total. The molecule has 26 heavy (non-hydrogen) atoms. The van der Waals surface area contributed by atoms with Crippen molar-refractivity contribution in [3.63, 3.8) is 0 Å². The van der Waals surface area contributed by atoms with Crippen molar-refractivity contribution in [3.8, 4) is 5.75 Å². The quantitative estimate of drug-likeness (QED) is 0.586. The summed E-state index contributed by atoms with van der Waals surface area (Å²) in [6.07, 6.45) is 3.62. The SMILES string of the molecule is CNC(=O)c1cc([N+](=O)[O-])ccc1NCc1ccccc1OC1CCC1. The highest BCUT2D eigenvalue weighted by molar-refractivity contribution is 6.00. The predicted octanol–water partition coefficient (Wildman–Crippen LogP) is 3.50. The van der Waals surface area contributed by atoms with E-state index in [1.807, 2.05) is 24.3 Å². The first-order valence-corrected chi connectivity index (χ1v) is 8.57. The Balaban J connectivity index is 1.79. The number of carbonyl (C=O) groups excluding carboxylic acids is 1. The van der Waals surface area contributed by atoms with Crippen molar-refractivity contribution in [1.29, 1.82) is 0 Å². The summed E-state index contributed by atoms with van der Waals surface area (Å²) >= 11 is 0. The number of benzene rings is 2. The number of hydrogen-bond acceptors (Lipinski definition) is 5. The molecular formula is C19H21N3O4. The van der Waals surface area contributed by atoms with Gasteiger partial charge >= 0.3 is 0 Å². The molecule has 0 aliphatic heterocycles. The number of carbonyl (C=O) groups is 1. The summed E-state index contributed by atoms with van der Waals surface area (Å²) in [5, 5.41) is 16.7. The van der Waals surface area contributed by atoms with Gasteiger partial charge in [0.2, 0.25) is 0 Å². The lowest BCUT2D eigenvalue weighted by atomic mass is 9.96. The molecule has 0 unspecified atom stereocenters. The average molecular weight is 355 g/mol. The maximum Gasteiger partial charge on any atom is 0.270 e. The molecule has 0 atom stereocenters. The monoisotopic (exact) mass is 355 g/mol. The summed E-state index contributed by atoms with van der Waals surface area (Å²) in [4.78, 5) is 22.5. The van der Waals surface area contributed by atoms with Crippen LogP contribution in [0, 0.1) is 10.1 Å². The summed E-state index contributed by atoms with van der Waals surface area (Å²) in [7, 11) is 1.49. The molecule has 0 saturated heterocycles. The number of anilines is 1. The summed E-state index contributed by atoms with van der Waals surface area (Å²) in [5.41, 5.74) is 1.62. The van der Waals surface area contributed by atoms with Gasteiger partial charge in [-0.3, -0.25) is 14.9 Å². The lowest BCUT2D eigenvalue weighted by Gasteiger charge is -2.27. The topological polar surface area (TPSA) is 93.5 Å². The molecule has 7 heteroatoms. The Kier molecular flexibility index (Phi) is 5.36. The Morgan fingerprint density at radius 3 is 2.69 bits per heavy atom. The predicted molar refractivity (Wildman–Crippen MR) is 98.5 cm³/mol. The molecule has 0 aromatic heterocycles. The molecule has 1 aliphatic rings. The number of nitro benzene ring substituents is 1. The zero-order chi connectivity index (χ0) is 18.5. The summed E-state index contributed by atoms with van der Waals surface area (Å²) in [6, 6.07) is 12.0. The Hall–Kier alpha value is -3.09. The number of hydrogen-bond donors (Lipinski definition) is 2. The van der Waals surface area contributed by atoms with E-state index in [-0.39, 0.29) is 23.3 Å². The van der Waals surface area contributed by atoms with E-state index < -0.39 is 4.92 Å². The van der Waals surface area contributed by atoms with Gasteiger partial charge in [-0.2, -0.15) is 0 Å². The number of nitrogens with one attached hydrogen (secondary N) is 2. The smallest absolute Gasteiger partial charge is 0.270 e. The van der Waals surface area contributed by atoms with Crippen LogP contribution in [0.3, 0.4) is 0 Å². The van der Waals surface area contributed by atoms with Crippen molar-refractivity contribution >= 4 is 17.3 Å². The molecule has 0 radical (unpaired) electrons. The molecule has 3 rings (SSSR count). The van der Waals surface area contributed by atoms with Crippen LogP contribution in [-0.2, 0) is 6.54 Å². The van der Waals surface area contributed by atoms with Crippen molar-refractivity contribution in [2.75, 3.05) is 12.4 Å². The van der Waals surface area contributed by atoms with E-state index >= 15 is 0 Å². The second-order valence-corrected chi connectivity index (χ2v) is 6.20. The molecule has 1 amide bonds. The standard InChI is InChI=1S/C19H21N3O4/c1-20-19(23)16-11-14(22(24)25)9-10-17(16)21-12-13-5-2-3-8-18(13)26-15-6-4-7-15/h2-3,5,8-11,15,21H,4,6-7,12H2,1H3,(H,20,23). The van der Waals surface area contributed by atoms with E-state index in [1.165, 1.54) is 25.6 Å². The van der Waals surface area contributed by atoms with Crippen LogP contribution in [0.2, 0.25) is 0 Å². The number of nitrogens with zero attached hydrogens (tertiary/aromatic N) is 1. The Labute approximate surface area is 151 Å². The van der Waals surface area contributed by atoms with Crippen LogP contribution >= 0.6 is 0 Å². The van der Waals surface area contributed by atoms with Crippen LogP contribution in [0.5, 0.6) is 5.75 Å². The number of ether oxygens (including phenoxy) is 1. The van der Waals surface area contributed by atoms with Gasteiger partial charge in [-0.05, 0) is 31.4 Å². The third-order valence-electron chi connectivity index (χ3n) is 4.47. The first kappa shape index (κ1) is 17.7. The molecule has 2 aromatic rings. The van der Waals surface area contributed by atoms with Crippen molar-refractivity contribution in [3.05, 3.63) is 63.7 Å². The molecule has 1 aliphatic carbocycles. The molecule has 2 aromatic carbocycles. The van der Waals surface area contributed by atoms with Crippen molar-refractivity contribution in [2.45, 2.75) is 31.9 Å². The Morgan fingerprint density at radius 1 is 1.27 bits per heavy atom. The molecular weight excluding hydrogens is 334 g/mol. The van der Waals surface area contributed by atoms with Crippen LogP contribution in [0.15, 0.2) is 42.5 Å². The van der Waals surface area contributed by atoms with Gasteiger partial charge in [0, 0.05) is 37.0 Å². The first-order chi connectivity index (χ1) is 12.6.